The van der Waals surface area contributed by atoms with Gasteiger partial charge in [-0.3, -0.25) is 0 Å². The molecule has 3 fully saturated rings. The molecule has 0 spiro atoms. The first-order valence-corrected chi connectivity index (χ1v) is 10.8. The normalized spacial score (nSPS) is 25.5. The van der Waals surface area contributed by atoms with Gasteiger partial charge >= 0.3 is 0 Å². The van der Waals surface area contributed by atoms with Crippen LogP contribution in [0.1, 0.15) is 12.8 Å². The molecule has 0 unspecified atom stereocenters. The molecule has 6 heteroatoms. The molecule has 5 nitrogen and oxygen atoms in total. The predicted octanol–water partition coefficient (Wildman–Crippen LogP) is 2.83. The first kappa shape index (κ1) is 16.1. The number of hydrogen-bond donors (Lipinski definition) is 1. The molecule has 2 aromatic carbocycles. The summed E-state index contributed by atoms with van der Waals surface area (Å²) in [5.74, 6) is 0. The van der Waals surface area contributed by atoms with Crippen LogP contribution >= 0.6 is 0 Å². The summed E-state index contributed by atoms with van der Waals surface area (Å²) in [6.07, 6.45) is 2.32. The van der Waals surface area contributed by atoms with Crippen LogP contribution < -0.4 is 10.2 Å². The van der Waals surface area contributed by atoms with Crippen molar-refractivity contribution in [3.63, 3.8) is 0 Å². The zero-order valence-corrected chi connectivity index (χ0v) is 15.7. The van der Waals surface area contributed by atoms with Crippen molar-refractivity contribution in [1.82, 2.24) is 4.90 Å². The Morgan fingerprint density at radius 1 is 1.00 bits per heavy atom. The lowest BCUT2D eigenvalue weighted by Crippen LogP contribution is -2.37. The van der Waals surface area contributed by atoms with Crippen LogP contribution in [0.3, 0.4) is 0 Å². The van der Waals surface area contributed by atoms with Gasteiger partial charge in [-0.1, -0.05) is 18.2 Å². The molecule has 26 heavy (non-hydrogen) atoms. The quantitative estimate of drug-likeness (QED) is 0.753. The highest BCUT2D eigenvalue weighted by Crippen LogP contribution is 2.47. The summed E-state index contributed by atoms with van der Waals surface area (Å²) < 4.78 is 26.5. The van der Waals surface area contributed by atoms with E-state index in [0.29, 0.717) is 21.5 Å². The summed E-state index contributed by atoms with van der Waals surface area (Å²) in [5.41, 5.74) is 3.34. The monoisotopic (exact) mass is 369 g/mol. The van der Waals surface area contributed by atoms with E-state index in [-0.39, 0.29) is 0 Å². The van der Waals surface area contributed by atoms with Gasteiger partial charge in [0.1, 0.15) is 4.90 Å². The standard InChI is InChI=1S/C20H23N3O2S/c1-21-18-4-2-3-17-16-6-5-15(13-19(16)26(24,25)20(17)18)23-12-11-22-9-7-14(23)8-10-22/h2-6,13-14,21H,7-12H2,1H3. The molecule has 4 aliphatic heterocycles. The number of anilines is 2. The zero-order chi connectivity index (χ0) is 17.9. The van der Waals surface area contributed by atoms with Crippen molar-refractivity contribution >= 4 is 21.2 Å². The molecule has 1 N–H and O–H groups in total. The smallest absolute Gasteiger partial charge is 0.209 e. The fraction of sp³-hybridized carbons (Fsp3) is 0.400. The first-order chi connectivity index (χ1) is 12.6. The third-order valence-electron chi connectivity index (χ3n) is 6.08. The van der Waals surface area contributed by atoms with Crippen molar-refractivity contribution in [1.29, 1.82) is 0 Å². The topological polar surface area (TPSA) is 52.7 Å². The van der Waals surface area contributed by atoms with Crippen molar-refractivity contribution < 1.29 is 8.42 Å². The highest BCUT2D eigenvalue weighted by atomic mass is 32.2. The van der Waals surface area contributed by atoms with Gasteiger partial charge in [0.15, 0.2) is 0 Å². The van der Waals surface area contributed by atoms with Gasteiger partial charge in [-0.2, -0.15) is 0 Å². The van der Waals surface area contributed by atoms with E-state index < -0.39 is 9.84 Å². The average molecular weight is 369 g/mol. The maximum Gasteiger partial charge on any atom is 0.209 e. The first-order valence-electron chi connectivity index (χ1n) is 9.29. The largest absolute Gasteiger partial charge is 0.387 e. The van der Waals surface area contributed by atoms with Gasteiger partial charge < -0.3 is 15.1 Å². The number of benzene rings is 2. The van der Waals surface area contributed by atoms with Gasteiger partial charge in [-0.25, -0.2) is 8.42 Å². The van der Waals surface area contributed by atoms with Gasteiger partial charge in [0.2, 0.25) is 9.84 Å². The summed E-state index contributed by atoms with van der Waals surface area (Å²) in [4.78, 5) is 5.80. The van der Waals surface area contributed by atoms with E-state index in [9.17, 15) is 8.42 Å². The van der Waals surface area contributed by atoms with Crippen molar-refractivity contribution in [3.8, 4) is 11.1 Å². The molecule has 0 saturated carbocycles. The summed E-state index contributed by atoms with van der Waals surface area (Å²) in [7, 11) is -1.72. The van der Waals surface area contributed by atoms with Gasteiger partial charge in [0.05, 0.1) is 10.6 Å². The minimum Gasteiger partial charge on any atom is -0.387 e. The van der Waals surface area contributed by atoms with Crippen LogP contribution in [-0.4, -0.2) is 52.6 Å². The van der Waals surface area contributed by atoms with Gasteiger partial charge in [0.25, 0.3) is 0 Å². The molecule has 4 aliphatic rings. The van der Waals surface area contributed by atoms with Crippen LogP contribution in [0.5, 0.6) is 0 Å². The Balaban J connectivity index is 1.63. The van der Waals surface area contributed by atoms with Crippen LogP contribution in [0.25, 0.3) is 11.1 Å². The molecule has 0 aromatic heterocycles. The Bertz CT molecular complexity index is 979. The molecule has 136 valence electrons. The second-order valence-corrected chi connectivity index (χ2v) is 9.24. The van der Waals surface area contributed by atoms with Crippen LogP contribution in [0, 0.1) is 0 Å². The summed E-state index contributed by atoms with van der Waals surface area (Å²) in [6.45, 7) is 4.34. The average Bonchev–Trinajstić information content (AvgIpc) is 2.88. The van der Waals surface area contributed by atoms with Gasteiger partial charge in [0, 0.05) is 56.1 Å². The van der Waals surface area contributed by atoms with E-state index in [1.165, 1.54) is 0 Å². The van der Waals surface area contributed by atoms with Crippen LogP contribution in [0.15, 0.2) is 46.2 Å². The van der Waals surface area contributed by atoms with E-state index in [0.717, 1.165) is 55.8 Å². The van der Waals surface area contributed by atoms with Crippen molar-refractivity contribution in [2.45, 2.75) is 28.7 Å². The highest BCUT2D eigenvalue weighted by molar-refractivity contribution is 7.92. The van der Waals surface area contributed by atoms with Gasteiger partial charge in [-0.15, -0.1) is 0 Å². The highest BCUT2D eigenvalue weighted by Gasteiger charge is 2.36. The Morgan fingerprint density at radius 2 is 1.81 bits per heavy atom. The number of rotatable bonds is 2. The molecule has 2 bridgehead atoms. The minimum absolute atomic E-state index is 0.414. The van der Waals surface area contributed by atoms with Gasteiger partial charge in [-0.05, 0) is 31.0 Å². The Hall–Kier alpha value is -2.05. The Morgan fingerprint density at radius 3 is 2.58 bits per heavy atom. The number of piperidine rings is 1. The van der Waals surface area contributed by atoms with Crippen LogP contribution in [0.4, 0.5) is 11.4 Å². The summed E-state index contributed by atoms with van der Waals surface area (Å²) in [5, 5.41) is 3.03. The second-order valence-electron chi connectivity index (χ2n) is 7.38. The number of nitrogens with zero attached hydrogens (tertiary/aromatic N) is 2. The number of sulfone groups is 1. The molecule has 6 rings (SSSR count). The lowest BCUT2D eigenvalue weighted by Gasteiger charge is -2.33. The zero-order valence-electron chi connectivity index (χ0n) is 14.9. The van der Waals surface area contributed by atoms with Crippen molar-refractivity contribution in [2.24, 2.45) is 0 Å². The lowest BCUT2D eigenvalue weighted by atomic mass is 10.0. The SMILES string of the molecule is CNc1cccc2c1S(=O)(=O)c1cc(N3CCN4CCC3CC4)ccc1-2. The number of nitrogens with one attached hydrogen (secondary N) is 1. The minimum atomic E-state index is -3.49. The Labute approximate surface area is 154 Å². The Kier molecular flexibility index (Phi) is 3.56. The third-order valence-corrected chi connectivity index (χ3v) is 7.98. The van der Waals surface area contributed by atoms with E-state index >= 15 is 0 Å². The van der Waals surface area contributed by atoms with E-state index in [1.54, 1.807) is 7.05 Å². The van der Waals surface area contributed by atoms with Crippen LogP contribution in [-0.2, 0) is 9.84 Å². The maximum absolute atomic E-state index is 13.3. The second kappa shape index (κ2) is 5.72. The molecule has 0 radical (unpaired) electrons. The number of hydrogen-bond acceptors (Lipinski definition) is 5. The lowest BCUT2D eigenvalue weighted by molar-refractivity contribution is 0.250. The molecule has 4 heterocycles. The molecule has 2 aromatic rings. The molecule has 3 saturated heterocycles. The van der Waals surface area contributed by atoms with Crippen molar-refractivity contribution in [2.75, 3.05) is 43.4 Å². The van der Waals surface area contributed by atoms with E-state index in [1.807, 2.05) is 30.3 Å². The number of fused-ring (bicyclic) bond motifs is 7. The van der Waals surface area contributed by atoms with E-state index in [4.69, 9.17) is 0 Å². The van der Waals surface area contributed by atoms with Crippen LogP contribution in [0.2, 0.25) is 0 Å². The maximum atomic E-state index is 13.3. The fourth-order valence-corrected chi connectivity index (χ4v) is 6.60. The fourth-order valence-electron chi connectivity index (χ4n) is 4.71. The molecular formula is C20H23N3O2S. The molecular weight excluding hydrogens is 346 g/mol. The molecule has 0 aliphatic carbocycles. The van der Waals surface area contributed by atoms with E-state index in [2.05, 4.69) is 21.2 Å². The molecule has 0 atom stereocenters. The summed E-state index contributed by atoms with van der Waals surface area (Å²) in [6, 6.07) is 12.1. The third kappa shape index (κ3) is 2.21. The predicted molar refractivity (Wildman–Crippen MR) is 104 cm³/mol. The molecule has 0 amide bonds. The van der Waals surface area contributed by atoms with Crippen molar-refractivity contribution in [3.05, 3.63) is 36.4 Å². The summed E-state index contributed by atoms with van der Waals surface area (Å²) >= 11 is 0.